The van der Waals surface area contributed by atoms with E-state index in [1.54, 1.807) is 0 Å². The van der Waals surface area contributed by atoms with Crippen molar-refractivity contribution in [2.75, 3.05) is 19.7 Å². The minimum atomic E-state index is -0.273. The van der Waals surface area contributed by atoms with Crippen molar-refractivity contribution in [3.05, 3.63) is 0 Å². The second-order valence-corrected chi connectivity index (χ2v) is 4.61. The molecule has 0 radical (unpaired) electrons. The summed E-state index contributed by atoms with van der Waals surface area (Å²) in [5, 5.41) is 23.6. The van der Waals surface area contributed by atoms with Gasteiger partial charge in [0.1, 0.15) is 0 Å². The number of amides is 1. The van der Waals surface area contributed by atoms with Gasteiger partial charge in [-0.3, -0.25) is 4.79 Å². The Bertz CT molecular complexity index is 280. The third kappa shape index (κ3) is 4.72. The number of aliphatic hydroxyl groups excluding tert-OH is 1. The number of nitrogens with zero attached hydrogens (tertiary/aromatic N) is 1. The number of carbonyl (C=O) groups excluding carboxylic acids is 1. The molecule has 0 heterocycles. The maximum atomic E-state index is 11.5. The van der Waals surface area contributed by atoms with Crippen molar-refractivity contribution < 1.29 is 9.90 Å². The van der Waals surface area contributed by atoms with Crippen LogP contribution in [0.1, 0.15) is 38.5 Å². The van der Waals surface area contributed by atoms with E-state index in [0.717, 1.165) is 25.7 Å². The molecule has 0 aromatic heterocycles. The summed E-state index contributed by atoms with van der Waals surface area (Å²) in [6.07, 6.45) is 5.59. The summed E-state index contributed by atoms with van der Waals surface area (Å²) in [5.74, 6) is -0.112. The molecular formula is C12H21N3O2. The second kappa shape index (κ2) is 7.25. The summed E-state index contributed by atoms with van der Waals surface area (Å²) in [7, 11) is 0. The molecule has 0 unspecified atom stereocenters. The summed E-state index contributed by atoms with van der Waals surface area (Å²) >= 11 is 0. The highest BCUT2D eigenvalue weighted by Gasteiger charge is 2.30. The summed E-state index contributed by atoms with van der Waals surface area (Å²) in [6, 6.07) is 1.97. The van der Waals surface area contributed by atoms with Crippen molar-refractivity contribution in [2.24, 2.45) is 0 Å². The molecule has 1 amide bonds. The minimum absolute atomic E-state index is 0.0818. The topological polar surface area (TPSA) is 85.2 Å². The molecule has 0 aromatic rings. The van der Waals surface area contributed by atoms with Gasteiger partial charge in [-0.1, -0.05) is 19.3 Å². The molecule has 0 spiro atoms. The van der Waals surface area contributed by atoms with Crippen molar-refractivity contribution in [2.45, 2.75) is 44.1 Å². The average Bonchev–Trinajstić information content (AvgIpc) is 2.38. The third-order valence-corrected chi connectivity index (χ3v) is 3.30. The first kappa shape index (κ1) is 13.9. The molecule has 1 fully saturated rings. The van der Waals surface area contributed by atoms with E-state index in [2.05, 4.69) is 10.6 Å². The lowest BCUT2D eigenvalue weighted by Crippen LogP contribution is -2.53. The number of nitriles is 1. The molecule has 0 aromatic carbocycles. The maximum absolute atomic E-state index is 11.5. The summed E-state index contributed by atoms with van der Waals surface area (Å²) in [5.41, 5.74) is -0.273. The number of hydrogen-bond donors (Lipinski definition) is 3. The molecule has 0 atom stereocenters. The zero-order valence-electron chi connectivity index (χ0n) is 10.2. The largest absolute Gasteiger partial charge is 0.394 e. The Morgan fingerprint density at radius 2 is 2.06 bits per heavy atom. The quantitative estimate of drug-likeness (QED) is 0.582. The van der Waals surface area contributed by atoms with E-state index in [-0.39, 0.29) is 24.6 Å². The number of carbonyl (C=O) groups is 1. The molecule has 0 bridgehead atoms. The zero-order chi connectivity index (χ0) is 12.6. The van der Waals surface area contributed by atoms with Gasteiger partial charge in [0.25, 0.3) is 0 Å². The minimum Gasteiger partial charge on any atom is -0.394 e. The van der Waals surface area contributed by atoms with E-state index in [1.165, 1.54) is 6.42 Å². The van der Waals surface area contributed by atoms with Crippen LogP contribution in [-0.4, -0.2) is 36.2 Å². The Hall–Kier alpha value is -1.12. The molecule has 1 aliphatic rings. The smallest absolute Gasteiger partial charge is 0.234 e. The Kier molecular flexibility index (Phi) is 5.95. The molecule has 17 heavy (non-hydrogen) atoms. The number of nitrogens with one attached hydrogen (secondary N) is 2. The average molecular weight is 239 g/mol. The Labute approximate surface area is 102 Å². The SMILES string of the molecule is N#CCCNC(=O)CNC1(CO)CCCCC1. The van der Waals surface area contributed by atoms with Gasteiger partial charge in [0.15, 0.2) is 0 Å². The Morgan fingerprint density at radius 3 is 2.65 bits per heavy atom. The fraction of sp³-hybridized carbons (Fsp3) is 0.833. The van der Waals surface area contributed by atoms with Gasteiger partial charge in [0.2, 0.25) is 5.91 Å². The fourth-order valence-electron chi connectivity index (χ4n) is 2.21. The van der Waals surface area contributed by atoms with Gasteiger partial charge in [-0.05, 0) is 12.8 Å². The monoisotopic (exact) mass is 239 g/mol. The highest BCUT2D eigenvalue weighted by molar-refractivity contribution is 5.78. The van der Waals surface area contributed by atoms with Crippen molar-refractivity contribution in [3.63, 3.8) is 0 Å². The molecular weight excluding hydrogens is 218 g/mol. The predicted molar refractivity (Wildman–Crippen MR) is 64.1 cm³/mol. The van der Waals surface area contributed by atoms with E-state index in [0.29, 0.717) is 13.0 Å². The first-order chi connectivity index (χ1) is 8.22. The lowest BCUT2D eigenvalue weighted by atomic mass is 9.82. The molecule has 96 valence electrons. The summed E-state index contributed by atoms with van der Waals surface area (Å²) < 4.78 is 0. The molecule has 1 aliphatic carbocycles. The van der Waals surface area contributed by atoms with Crippen LogP contribution in [0.5, 0.6) is 0 Å². The lowest BCUT2D eigenvalue weighted by molar-refractivity contribution is -0.120. The third-order valence-electron chi connectivity index (χ3n) is 3.30. The van der Waals surface area contributed by atoms with E-state index < -0.39 is 0 Å². The number of rotatable bonds is 6. The van der Waals surface area contributed by atoms with Gasteiger partial charge < -0.3 is 15.7 Å². The molecule has 5 nitrogen and oxygen atoms in total. The molecule has 5 heteroatoms. The van der Waals surface area contributed by atoms with Gasteiger partial charge in [-0.15, -0.1) is 0 Å². The summed E-state index contributed by atoms with van der Waals surface area (Å²) in [6.45, 7) is 0.688. The van der Waals surface area contributed by atoms with Crippen LogP contribution in [0.3, 0.4) is 0 Å². The maximum Gasteiger partial charge on any atom is 0.234 e. The predicted octanol–water partition coefficient (Wildman–Crippen LogP) is 0.301. The van der Waals surface area contributed by atoms with Crippen molar-refractivity contribution in [1.82, 2.24) is 10.6 Å². The Balaban J connectivity index is 2.27. The first-order valence-corrected chi connectivity index (χ1v) is 6.22. The lowest BCUT2D eigenvalue weighted by Gasteiger charge is -2.36. The summed E-state index contributed by atoms with van der Waals surface area (Å²) in [4.78, 5) is 11.5. The van der Waals surface area contributed by atoms with Crippen LogP contribution >= 0.6 is 0 Å². The van der Waals surface area contributed by atoms with E-state index in [9.17, 15) is 9.90 Å². The van der Waals surface area contributed by atoms with Crippen LogP contribution < -0.4 is 10.6 Å². The van der Waals surface area contributed by atoms with E-state index in [1.807, 2.05) is 6.07 Å². The van der Waals surface area contributed by atoms with Crippen LogP contribution in [-0.2, 0) is 4.79 Å². The fourth-order valence-corrected chi connectivity index (χ4v) is 2.21. The van der Waals surface area contributed by atoms with Crippen LogP contribution in [0.4, 0.5) is 0 Å². The van der Waals surface area contributed by atoms with Crippen molar-refractivity contribution in [3.8, 4) is 6.07 Å². The van der Waals surface area contributed by atoms with Gasteiger partial charge in [0.05, 0.1) is 25.6 Å². The van der Waals surface area contributed by atoms with Crippen molar-refractivity contribution in [1.29, 1.82) is 5.26 Å². The molecule has 0 aliphatic heterocycles. The highest BCUT2D eigenvalue weighted by atomic mass is 16.3. The normalized spacial score (nSPS) is 18.4. The first-order valence-electron chi connectivity index (χ1n) is 6.22. The standard InChI is InChI=1S/C12H21N3O2/c13-7-4-8-14-11(17)9-15-12(10-16)5-2-1-3-6-12/h15-16H,1-6,8-10H2,(H,14,17). The zero-order valence-corrected chi connectivity index (χ0v) is 10.2. The van der Waals surface area contributed by atoms with Gasteiger partial charge in [-0.2, -0.15) is 5.26 Å². The molecule has 1 rings (SSSR count). The van der Waals surface area contributed by atoms with Crippen molar-refractivity contribution >= 4 is 5.91 Å². The van der Waals surface area contributed by atoms with Crippen LogP contribution in [0.2, 0.25) is 0 Å². The van der Waals surface area contributed by atoms with E-state index in [4.69, 9.17) is 5.26 Å². The van der Waals surface area contributed by atoms with Gasteiger partial charge in [0, 0.05) is 12.1 Å². The van der Waals surface area contributed by atoms with E-state index >= 15 is 0 Å². The van der Waals surface area contributed by atoms with Crippen LogP contribution in [0, 0.1) is 11.3 Å². The van der Waals surface area contributed by atoms with Gasteiger partial charge >= 0.3 is 0 Å². The Morgan fingerprint density at radius 1 is 1.35 bits per heavy atom. The highest BCUT2D eigenvalue weighted by Crippen LogP contribution is 2.27. The molecule has 3 N–H and O–H groups in total. The van der Waals surface area contributed by atoms with Gasteiger partial charge in [-0.25, -0.2) is 0 Å². The van der Waals surface area contributed by atoms with Crippen LogP contribution in [0.25, 0.3) is 0 Å². The van der Waals surface area contributed by atoms with Crippen LogP contribution in [0.15, 0.2) is 0 Å². The molecule has 0 saturated heterocycles. The number of aliphatic hydroxyl groups is 1. The number of hydrogen-bond acceptors (Lipinski definition) is 4. The second-order valence-electron chi connectivity index (χ2n) is 4.61. The molecule has 1 saturated carbocycles.